The molecular formula is C15H14BrCl2LiMgO. The van der Waals surface area contributed by atoms with E-state index < -0.39 is 0 Å². The molecule has 0 spiro atoms. The molecule has 0 fully saturated rings. The van der Waals surface area contributed by atoms with Crippen LogP contribution in [0.2, 0.25) is 5.02 Å². The molecule has 0 heterocycles. The molecule has 104 valence electrons. The molecule has 0 aliphatic rings. The quantitative estimate of drug-likeness (QED) is 0.374. The van der Waals surface area contributed by atoms with Gasteiger partial charge in [0.05, 0.1) is 6.61 Å². The van der Waals surface area contributed by atoms with Crippen LogP contribution in [0.25, 0.3) is 0 Å². The first-order chi connectivity index (χ1) is 8.29. The van der Waals surface area contributed by atoms with Crippen molar-refractivity contribution in [1.82, 2.24) is 0 Å². The van der Waals surface area contributed by atoms with Crippen molar-refractivity contribution in [1.29, 1.82) is 0 Å². The summed E-state index contributed by atoms with van der Waals surface area (Å²) in [6.07, 6.45) is 0.822. The van der Waals surface area contributed by atoms with Crippen LogP contribution in [-0.2, 0) is 6.42 Å². The van der Waals surface area contributed by atoms with E-state index in [2.05, 4.69) is 18.2 Å². The third-order valence-electron chi connectivity index (χ3n) is 2.52. The Hall–Kier alpha value is 0.664. The van der Waals surface area contributed by atoms with Crippen molar-refractivity contribution < 1.29 is 53.0 Å². The average Bonchev–Trinajstić information content (AvgIpc) is 2.35. The van der Waals surface area contributed by atoms with E-state index in [1.807, 2.05) is 37.3 Å². The van der Waals surface area contributed by atoms with Crippen LogP contribution in [0.3, 0.4) is 0 Å². The van der Waals surface area contributed by atoms with Gasteiger partial charge in [-0.15, -0.1) is 17.2 Å². The Bertz CT molecular complexity index is 497. The van der Waals surface area contributed by atoms with E-state index in [0.717, 1.165) is 22.8 Å². The van der Waals surface area contributed by atoms with Crippen LogP contribution in [0, 0.1) is 6.07 Å². The van der Waals surface area contributed by atoms with Crippen molar-refractivity contribution >= 4 is 34.7 Å². The van der Waals surface area contributed by atoms with Gasteiger partial charge in [-0.2, -0.15) is 24.3 Å². The summed E-state index contributed by atoms with van der Waals surface area (Å²) >= 11 is 6.11. The van der Waals surface area contributed by atoms with Crippen molar-refractivity contribution in [2.75, 3.05) is 6.61 Å². The molecule has 2 aromatic carbocycles. The number of ether oxygens (including phenoxy) is 1. The largest absolute Gasteiger partial charge is 2.00 e. The summed E-state index contributed by atoms with van der Waals surface area (Å²) in [5, 5.41) is 0.789. The summed E-state index contributed by atoms with van der Waals surface area (Å²) in [7, 11) is 0. The fraction of sp³-hybridized carbons (Fsp3) is 0.200. The fourth-order valence-electron chi connectivity index (χ4n) is 1.67. The Labute approximate surface area is 176 Å². The molecule has 6 heteroatoms. The molecule has 0 aromatic heterocycles. The summed E-state index contributed by atoms with van der Waals surface area (Å²) in [4.78, 5) is 0. The van der Waals surface area contributed by atoms with E-state index in [1.54, 1.807) is 0 Å². The van der Waals surface area contributed by atoms with Crippen LogP contribution in [0.4, 0.5) is 0 Å². The molecule has 0 aliphatic carbocycles. The van der Waals surface area contributed by atoms with Gasteiger partial charge in [-0.3, -0.25) is 0 Å². The molecule has 2 rings (SSSR count). The molecule has 21 heavy (non-hydrogen) atoms. The van der Waals surface area contributed by atoms with Crippen LogP contribution < -0.4 is 53.0 Å². The summed E-state index contributed by atoms with van der Waals surface area (Å²) in [5.41, 5.74) is 2.31. The first-order valence-corrected chi connectivity index (χ1v) is 6.03. The minimum absolute atomic E-state index is 0. The van der Waals surface area contributed by atoms with Crippen LogP contribution in [-0.4, -0.2) is 29.7 Å². The van der Waals surface area contributed by atoms with E-state index in [4.69, 9.17) is 16.3 Å². The minimum atomic E-state index is 0. The predicted octanol–water partition coefficient (Wildman–Crippen LogP) is -5.24. The van der Waals surface area contributed by atoms with E-state index >= 15 is 0 Å². The first kappa shape index (κ1) is 26.6. The molecule has 1 nitrogen and oxygen atoms in total. The molecule has 0 N–H and O–H groups in total. The van der Waals surface area contributed by atoms with Crippen LogP contribution >= 0.6 is 11.6 Å². The molecular weight excluding hydrogens is 378 g/mol. The third kappa shape index (κ3) is 8.76. The second kappa shape index (κ2) is 14.3. The summed E-state index contributed by atoms with van der Waals surface area (Å²) in [6.45, 7) is 2.67. The monoisotopic (exact) mass is 390 g/mol. The van der Waals surface area contributed by atoms with E-state index in [9.17, 15) is 0 Å². The summed E-state index contributed by atoms with van der Waals surface area (Å²) < 4.78 is 5.40. The normalized spacial score (nSPS) is 8.29. The Morgan fingerprint density at radius 3 is 2.29 bits per heavy atom. The Morgan fingerprint density at radius 1 is 1.14 bits per heavy atom. The molecule has 0 radical (unpaired) electrons. The zero-order valence-electron chi connectivity index (χ0n) is 12.2. The number of hydrogen-bond donors (Lipinski definition) is 0. The molecule has 0 amide bonds. The Morgan fingerprint density at radius 2 is 1.76 bits per heavy atom. The Kier molecular flexibility index (Phi) is 18.0. The summed E-state index contributed by atoms with van der Waals surface area (Å²) in [6, 6.07) is 16.8. The predicted molar refractivity (Wildman–Crippen MR) is 76.5 cm³/mol. The van der Waals surface area contributed by atoms with Gasteiger partial charge in [-0.1, -0.05) is 22.7 Å². The van der Waals surface area contributed by atoms with Gasteiger partial charge in [0.2, 0.25) is 0 Å². The molecule has 0 bridgehead atoms. The molecule has 0 atom stereocenters. The average molecular weight is 392 g/mol. The van der Waals surface area contributed by atoms with E-state index in [-0.39, 0.29) is 71.3 Å². The van der Waals surface area contributed by atoms with E-state index in [0.29, 0.717) is 6.61 Å². The van der Waals surface area contributed by atoms with Gasteiger partial charge in [-0.25, -0.2) is 0 Å². The molecule has 2 aromatic rings. The van der Waals surface area contributed by atoms with Crippen LogP contribution in [0.15, 0.2) is 42.5 Å². The minimum Gasteiger partial charge on any atom is -1.00 e. The zero-order chi connectivity index (χ0) is 12.1. The zero-order valence-corrected chi connectivity index (χ0v) is 16.7. The van der Waals surface area contributed by atoms with Gasteiger partial charge in [0.15, 0.2) is 0 Å². The fourth-order valence-corrected chi connectivity index (χ4v) is 1.86. The van der Waals surface area contributed by atoms with Gasteiger partial charge in [0.25, 0.3) is 0 Å². The standard InChI is InChI=1S/C15H14ClO.BrH.ClH.Li.Mg/c1-2-17-14-9-7-12(8-10-14)11-13-5-3-4-6-15(13)16;;;;/h4-10H,2,11H2,1H3;2*1H;;/q-1;;;+1;+2/p-2. The molecule has 0 saturated carbocycles. The topological polar surface area (TPSA) is 9.23 Å². The van der Waals surface area contributed by atoms with Crippen molar-refractivity contribution in [3.8, 4) is 5.75 Å². The van der Waals surface area contributed by atoms with Crippen molar-refractivity contribution in [2.45, 2.75) is 13.3 Å². The smallest absolute Gasteiger partial charge is 1.00 e. The van der Waals surface area contributed by atoms with Crippen molar-refractivity contribution in [2.24, 2.45) is 0 Å². The van der Waals surface area contributed by atoms with Crippen molar-refractivity contribution in [3.63, 3.8) is 0 Å². The third-order valence-corrected chi connectivity index (χ3v) is 2.89. The van der Waals surface area contributed by atoms with E-state index in [1.165, 1.54) is 5.56 Å². The van der Waals surface area contributed by atoms with Crippen LogP contribution in [0.1, 0.15) is 18.1 Å². The van der Waals surface area contributed by atoms with Gasteiger partial charge < -0.3 is 34.1 Å². The van der Waals surface area contributed by atoms with Gasteiger partial charge in [0, 0.05) is 0 Å². The maximum Gasteiger partial charge on any atom is 2.00 e. The van der Waals surface area contributed by atoms with Gasteiger partial charge >= 0.3 is 41.9 Å². The maximum absolute atomic E-state index is 6.11. The number of halogens is 3. The van der Waals surface area contributed by atoms with Crippen LogP contribution in [0.5, 0.6) is 5.75 Å². The first-order valence-electron chi connectivity index (χ1n) is 5.66. The van der Waals surface area contributed by atoms with Gasteiger partial charge in [0.1, 0.15) is 5.75 Å². The number of hydrogen-bond acceptors (Lipinski definition) is 1. The SMILES string of the molecule is CCOc1ccc(Cc2c[c-]ccc2Cl)cc1.[Br-].[Cl-].[Li+].[Mg+2]. The summed E-state index contributed by atoms with van der Waals surface area (Å²) in [5.74, 6) is 0.905. The Balaban J connectivity index is -0.000000810. The van der Waals surface area contributed by atoms with Gasteiger partial charge in [-0.05, 0) is 25.5 Å². The second-order valence-corrected chi connectivity index (χ2v) is 4.18. The molecule has 0 unspecified atom stereocenters. The molecule has 0 aliphatic heterocycles. The number of rotatable bonds is 4. The molecule has 0 saturated heterocycles. The number of benzene rings is 2. The second-order valence-electron chi connectivity index (χ2n) is 3.77. The van der Waals surface area contributed by atoms with Crippen molar-refractivity contribution in [3.05, 3.63) is 64.7 Å². The maximum atomic E-state index is 6.11.